The maximum Gasteiger partial charge on any atom is 0.339 e. The van der Waals surface area contributed by atoms with Gasteiger partial charge in [0.25, 0.3) is 0 Å². The van der Waals surface area contributed by atoms with Crippen LogP contribution in [0.25, 0.3) is 0 Å². The van der Waals surface area contributed by atoms with Crippen molar-refractivity contribution in [2.45, 2.75) is 29.8 Å². The summed E-state index contributed by atoms with van der Waals surface area (Å²) in [5.41, 5.74) is 0.868. The van der Waals surface area contributed by atoms with Crippen molar-refractivity contribution in [3.8, 4) is 11.5 Å². The third kappa shape index (κ3) is 2.88. The molecule has 0 saturated carbocycles. The zero-order valence-corrected chi connectivity index (χ0v) is 15.2. The summed E-state index contributed by atoms with van der Waals surface area (Å²) in [6.07, 6.45) is 0.984. The minimum Gasteiger partial charge on any atom is -0.488 e. The summed E-state index contributed by atoms with van der Waals surface area (Å²) in [5, 5.41) is 3.80. The average molecular weight is 380 g/mol. The molecule has 0 spiro atoms. The van der Waals surface area contributed by atoms with Crippen molar-refractivity contribution in [2.24, 2.45) is 0 Å². The Kier molecular flexibility index (Phi) is 3.94. The van der Waals surface area contributed by atoms with Gasteiger partial charge in [-0.1, -0.05) is 18.5 Å². The molecule has 2 aliphatic heterocycles. The molecule has 0 bridgehead atoms. The topological polar surface area (TPSA) is 64.6 Å². The van der Waals surface area contributed by atoms with Crippen molar-refractivity contribution < 1.29 is 17.3 Å². The highest BCUT2D eigenvalue weighted by Gasteiger charge is 2.46. The Balaban J connectivity index is 1.65. The molecule has 4 rings (SSSR count). The third-order valence-corrected chi connectivity index (χ3v) is 6.52. The summed E-state index contributed by atoms with van der Waals surface area (Å²) in [4.78, 5) is 0.0691. The molecule has 0 aliphatic carbocycles. The fourth-order valence-electron chi connectivity index (χ4n) is 3.49. The van der Waals surface area contributed by atoms with Crippen LogP contribution in [0.5, 0.6) is 11.5 Å². The largest absolute Gasteiger partial charge is 0.488 e. The molecule has 0 amide bonds. The Morgan fingerprint density at radius 3 is 2.76 bits per heavy atom. The molecule has 2 aliphatic rings. The van der Waals surface area contributed by atoms with Crippen LogP contribution in [0, 0.1) is 0 Å². The molecule has 1 fully saturated rings. The van der Waals surface area contributed by atoms with Crippen LogP contribution < -0.4 is 14.2 Å². The molecule has 7 heteroatoms. The maximum absolute atomic E-state index is 12.5. The predicted molar refractivity (Wildman–Crippen MR) is 95.0 cm³/mol. The highest BCUT2D eigenvalue weighted by Crippen LogP contribution is 2.47. The monoisotopic (exact) mass is 379 g/mol. The number of hydrogen-bond acceptors (Lipinski definition) is 5. The maximum atomic E-state index is 12.5. The fourth-order valence-corrected chi connectivity index (χ4v) is 4.54. The fraction of sp³-hybridized carbons (Fsp3) is 0.333. The number of ether oxygens (including phenoxy) is 1. The van der Waals surface area contributed by atoms with Gasteiger partial charge in [0.2, 0.25) is 0 Å². The zero-order valence-electron chi connectivity index (χ0n) is 13.7. The predicted octanol–water partition coefficient (Wildman–Crippen LogP) is 3.12. The Morgan fingerprint density at radius 1 is 1.24 bits per heavy atom. The molecule has 5 nitrogen and oxygen atoms in total. The molecule has 2 heterocycles. The first kappa shape index (κ1) is 16.7. The number of fused-ring (bicyclic) bond motifs is 3. The van der Waals surface area contributed by atoms with E-state index in [2.05, 4.69) is 12.2 Å². The van der Waals surface area contributed by atoms with Gasteiger partial charge in [0.15, 0.2) is 0 Å². The van der Waals surface area contributed by atoms with Gasteiger partial charge in [0.05, 0.1) is 0 Å². The summed E-state index contributed by atoms with van der Waals surface area (Å²) < 4.78 is 36.3. The minimum absolute atomic E-state index is 0.0550. The second kappa shape index (κ2) is 5.90. The van der Waals surface area contributed by atoms with Crippen molar-refractivity contribution >= 4 is 21.7 Å². The first-order valence-electron chi connectivity index (χ1n) is 8.10. The van der Waals surface area contributed by atoms with E-state index in [4.69, 9.17) is 20.5 Å². The molecule has 0 radical (unpaired) electrons. The average Bonchev–Trinajstić information content (AvgIpc) is 2.87. The van der Waals surface area contributed by atoms with Crippen LogP contribution in [-0.2, 0) is 15.5 Å². The zero-order chi connectivity index (χ0) is 17.7. The van der Waals surface area contributed by atoms with E-state index in [9.17, 15) is 8.42 Å². The number of rotatable bonds is 3. The van der Waals surface area contributed by atoms with Gasteiger partial charge in [-0.3, -0.25) is 0 Å². The number of benzene rings is 2. The SMILES string of the molecule is CC12CCNCC1Oc1ccc(OS(=O)(=O)c3ccc(Cl)cc3)cc12. The second-order valence-electron chi connectivity index (χ2n) is 6.63. The lowest BCUT2D eigenvalue weighted by Crippen LogP contribution is -2.49. The quantitative estimate of drug-likeness (QED) is 0.830. The molecule has 2 aromatic rings. The highest BCUT2D eigenvalue weighted by molar-refractivity contribution is 7.87. The van der Waals surface area contributed by atoms with E-state index in [0.29, 0.717) is 5.02 Å². The van der Waals surface area contributed by atoms with Crippen LogP contribution in [0.15, 0.2) is 47.4 Å². The lowest BCUT2D eigenvalue weighted by molar-refractivity contribution is 0.124. The van der Waals surface area contributed by atoms with E-state index in [1.54, 1.807) is 18.2 Å². The van der Waals surface area contributed by atoms with Crippen LogP contribution in [0.1, 0.15) is 18.9 Å². The summed E-state index contributed by atoms with van der Waals surface area (Å²) >= 11 is 5.81. The number of hydrogen-bond donors (Lipinski definition) is 1. The van der Waals surface area contributed by atoms with Crippen molar-refractivity contribution in [1.29, 1.82) is 0 Å². The van der Waals surface area contributed by atoms with Gasteiger partial charge >= 0.3 is 10.1 Å². The van der Waals surface area contributed by atoms with E-state index in [0.717, 1.165) is 30.8 Å². The molecular weight excluding hydrogens is 362 g/mol. The molecule has 1 N–H and O–H groups in total. The summed E-state index contributed by atoms with van der Waals surface area (Å²) in [7, 11) is -3.91. The summed E-state index contributed by atoms with van der Waals surface area (Å²) in [5.74, 6) is 1.09. The Hall–Kier alpha value is -1.76. The van der Waals surface area contributed by atoms with Crippen molar-refractivity contribution in [3.63, 3.8) is 0 Å². The van der Waals surface area contributed by atoms with Gasteiger partial charge in [0, 0.05) is 22.5 Å². The number of halogens is 1. The van der Waals surface area contributed by atoms with Gasteiger partial charge in [-0.15, -0.1) is 0 Å². The van der Waals surface area contributed by atoms with Crippen molar-refractivity contribution in [1.82, 2.24) is 5.32 Å². The smallest absolute Gasteiger partial charge is 0.339 e. The Labute approximate surface area is 152 Å². The van der Waals surface area contributed by atoms with E-state index < -0.39 is 10.1 Å². The van der Waals surface area contributed by atoms with Crippen LogP contribution in [0.2, 0.25) is 5.02 Å². The van der Waals surface area contributed by atoms with E-state index in [-0.39, 0.29) is 22.2 Å². The van der Waals surface area contributed by atoms with Crippen molar-refractivity contribution in [3.05, 3.63) is 53.1 Å². The standard InChI is InChI=1S/C18H18ClNO4S/c1-18-8-9-20-11-17(18)23-16-7-4-13(10-15(16)18)24-25(21,22)14-5-2-12(19)3-6-14/h2-7,10,17,20H,8-9,11H2,1H3. The summed E-state index contributed by atoms with van der Waals surface area (Å²) in [6.45, 7) is 3.84. The lowest BCUT2D eigenvalue weighted by Gasteiger charge is -2.35. The first-order valence-corrected chi connectivity index (χ1v) is 9.89. The van der Waals surface area contributed by atoms with Crippen LogP contribution in [-0.4, -0.2) is 27.6 Å². The van der Waals surface area contributed by atoms with E-state index >= 15 is 0 Å². The molecule has 1 saturated heterocycles. The van der Waals surface area contributed by atoms with Crippen molar-refractivity contribution in [2.75, 3.05) is 13.1 Å². The van der Waals surface area contributed by atoms with Gasteiger partial charge in [-0.25, -0.2) is 0 Å². The number of piperidine rings is 1. The number of nitrogens with one attached hydrogen (secondary N) is 1. The normalized spacial score (nSPS) is 25.0. The van der Waals surface area contributed by atoms with Gasteiger partial charge in [0.1, 0.15) is 22.5 Å². The Bertz CT molecular complexity index is 913. The highest BCUT2D eigenvalue weighted by atomic mass is 35.5. The molecule has 0 aromatic heterocycles. The van der Waals surface area contributed by atoms with Gasteiger partial charge in [-0.2, -0.15) is 8.42 Å². The summed E-state index contributed by atoms with van der Waals surface area (Å²) in [6, 6.07) is 11.1. The molecule has 2 aromatic carbocycles. The molecule has 132 valence electrons. The van der Waals surface area contributed by atoms with E-state index in [1.165, 1.54) is 24.3 Å². The Morgan fingerprint density at radius 2 is 2.00 bits per heavy atom. The van der Waals surface area contributed by atoms with Gasteiger partial charge < -0.3 is 14.2 Å². The molecule has 25 heavy (non-hydrogen) atoms. The van der Waals surface area contributed by atoms with Gasteiger partial charge in [-0.05, 0) is 55.4 Å². The van der Waals surface area contributed by atoms with Crippen LogP contribution in [0.4, 0.5) is 0 Å². The van der Waals surface area contributed by atoms with E-state index in [1.807, 2.05) is 0 Å². The molecule has 2 unspecified atom stereocenters. The first-order chi connectivity index (χ1) is 11.9. The second-order valence-corrected chi connectivity index (χ2v) is 8.61. The lowest BCUT2D eigenvalue weighted by atomic mass is 9.74. The third-order valence-electron chi connectivity index (χ3n) is 5.01. The molecular formula is C18H18ClNO4S. The van der Waals surface area contributed by atoms with Crippen LogP contribution in [0.3, 0.4) is 0 Å². The minimum atomic E-state index is -3.91. The molecule has 2 atom stereocenters. The van der Waals surface area contributed by atoms with Crippen LogP contribution >= 0.6 is 11.6 Å².